The SMILES string of the molecule is NC1(Cc2ccsc2)CCCCC1. The van der Waals surface area contributed by atoms with E-state index in [0.717, 1.165) is 6.42 Å². The standard InChI is InChI=1S/C11H17NS/c12-11(5-2-1-3-6-11)8-10-4-7-13-9-10/h4,7,9H,1-3,5-6,8,12H2. The number of hydrogen-bond donors (Lipinski definition) is 1. The summed E-state index contributed by atoms with van der Waals surface area (Å²) in [6.45, 7) is 0. The Morgan fingerprint density at radius 2 is 2.08 bits per heavy atom. The first kappa shape index (κ1) is 9.22. The van der Waals surface area contributed by atoms with Crippen molar-refractivity contribution in [2.45, 2.75) is 44.1 Å². The largest absolute Gasteiger partial charge is 0.325 e. The van der Waals surface area contributed by atoms with Crippen LogP contribution in [0, 0.1) is 0 Å². The van der Waals surface area contributed by atoms with Gasteiger partial charge in [-0.15, -0.1) is 0 Å². The zero-order valence-electron chi connectivity index (χ0n) is 7.96. The Morgan fingerprint density at radius 3 is 2.69 bits per heavy atom. The maximum absolute atomic E-state index is 6.35. The van der Waals surface area contributed by atoms with E-state index in [4.69, 9.17) is 5.73 Å². The van der Waals surface area contributed by atoms with Crippen molar-refractivity contribution in [2.24, 2.45) is 5.73 Å². The Balaban J connectivity index is 1.99. The van der Waals surface area contributed by atoms with E-state index in [1.165, 1.54) is 37.7 Å². The van der Waals surface area contributed by atoms with Gasteiger partial charge in [0.25, 0.3) is 0 Å². The maximum Gasteiger partial charge on any atom is 0.0195 e. The van der Waals surface area contributed by atoms with E-state index in [9.17, 15) is 0 Å². The minimum Gasteiger partial charge on any atom is -0.325 e. The van der Waals surface area contributed by atoms with Gasteiger partial charge in [-0.25, -0.2) is 0 Å². The summed E-state index contributed by atoms with van der Waals surface area (Å²) < 4.78 is 0. The lowest BCUT2D eigenvalue weighted by molar-refractivity contribution is 0.294. The molecule has 1 saturated carbocycles. The number of thiophene rings is 1. The predicted molar refractivity (Wildman–Crippen MR) is 58.0 cm³/mol. The third-order valence-corrected chi connectivity index (χ3v) is 3.72. The molecule has 1 fully saturated rings. The molecule has 1 nitrogen and oxygen atoms in total. The van der Waals surface area contributed by atoms with E-state index in [1.54, 1.807) is 11.3 Å². The summed E-state index contributed by atoms with van der Waals surface area (Å²) in [4.78, 5) is 0. The predicted octanol–water partition coefficient (Wildman–Crippen LogP) is 2.95. The molecule has 1 aliphatic rings. The van der Waals surface area contributed by atoms with Gasteiger partial charge in [-0.05, 0) is 41.7 Å². The third-order valence-electron chi connectivity index (χ3n) is 2.99. The molecule has 0 amide bonds. The molecule has 1 heterocycles. The average molecular weight is 195 g/mol. The van der Waals surface area contributed by atoms with Gasteiger partial charge in [-0.1, -0.05) is 19.3 Å². The zero-order valence-corrected chi connectivity index (χ0v) is 8.78. The van der Waals surface area contributed by atoms with Gasteiger partial charge in [-0.3, -0.25) is 0 Å². The van der Waals surface area contributed by atoms with Crippen LogP contribution >= 0.6 is 11.3 Å². The third kappa shape index (κ3) is 2.32. The highest BCUT2D eigenvalue weighted by atomic mass is 32.1. The van der Waals surface area contributed by atoms with Gasteiger partial charge in [-0.2, -0.15) is 11.3 Å². The van der Waals surface area contributed by atoms with Gasteiger partial charge in [0.15, 0.2) is 0 Å². The minimum absolute atomic E-state index is 0.110. The molecule has 0 saturated heterocycles. The molecule has 1 aromatic rings. The molecule has 72 valence electrons. The van der Waals surface area contributed by atoms with Crippen LogP contribution in [0.5, 0.6) is 0 Å². The second kappa shape index (κ2) is 3.81. The van der Waals surface area contributed by atoms with E-state index in [0.29, 0.717) is 0 Å². The average Bonchev–Trinajstić information content (AvgIpc) is 2.57. The number of rotatable bonds is 2. The summed E-state index contributed by atoms with van der Waals surface area (Å²) in [7, 11) is 0. The molecule has 0 spiro atoms. The smallest absolute Gasteiger partial charge is 0.0195 e. The topological polar surface area (TPSA) is 26.0 Å². The van der Waals surface area contributed by atoms with Gasteiger partial charge >= 0.3 is 0 Å². The molecule has 0 aliphatic heterocycles. The van der Waals surface area contributed by atoms with Crippen molar-refractivity contribution in [3.05, 3.63) is 22.4 Å². The molecule has 1 aromatic heterocycles. The van der Waals surface area contributed by atoms with Gasteiger partial charge in [0, 0.05) is 5.54 Å². The minimum atomic E-state index is 0.110. The summed E-state index contributed by atoms with van der Waals surface area (Å²) in [5.74, 6) is 0. The molecule has 0 aromatic carbocycles. The molecule has 13 heavy (non-hydrogen) atoms. The lowest BCUT2D eigenvalue weighted by atomic mass is 9.79. The Hall–Kier alpha value is -0.340. The van der Waals surface area contributed by atoms with Crippen molar-refractivity contribution in [3.8, 4) is 0 Å². The van der Waals surface area contributed by atoms with Crippen molar-refractivity contribution in [1.82, 2.24) is 0 Å². The lowest BCUT2D eigenvalue weighted by Crippen LogP contribution is -2.43. The van der Waals surface area contributed by atoms with Gasteiger partial charge in [0.2, 0.25) is 0 Å². The molecule has 2 N–H and O–H groups in total. The molecule has 0 atom stereocenters. The summed E-state index contributed by atoms with van der Waals surface area (Å²) in [6, 6.07) is 2.20. The summed E-state index contributed by atoms with van der Waals surface area (Å²) in [5.41, 5.74) is 7.89. The van der Waals surface area contributed by atoms with Crippen LogP contribution < -0.4 is 5.73 Å². The first-order chi connectivity index (χ1) is 6.29. The summed E-state index contributed by atoms with van der Waals surface area (Å²) in [5, 5.41) is 4.37. The Labute approximate surface area is 84.0 Å². The van der Waals surface area contributed by atoms with Crippen molar-refractivity contribution in [1.29, 1.82) is 0 Å². The lowest BCUT2D eigenvalue weighted by Gasteiger charge is -2.33. The highest BCUT2D eigenvalue weighted by Gasteiger charge is 2.27. The van der Waals surface area contributed by atoms with Crippen LogP contribution in [0.3, 0.4) is 0 Å². The van der Waals surface area contributed by atoms with E-state index >= 15 is 0 Å². The van der Waals surface area contributed by atoms with E-state index in [-0.39, 0.29) is 5.54 Å². The second-order valence-electron chi connectivity index (χ2n) is 4.23. The van der Waals surface area contributed by atoms with Crippen molar-refractivity contribution in [2.75, 3.05) is 0 Å². The van der Waals surface area contributed by atoms with Crippen LogP contribution in [0.2, 0.25) is 0 Å². The van der Waals surface area contributed by atoms with Gasteiger partial charge < -0.3 is 5.73 Å². The number of nitrogens with two attached hydrogens (primary N) is 1. The Kier molecular flexibility index (Phi) is 2.70. The Bertz CT molecular complexity index is 247. The normalized spacial score (nSPS) is 21.6. The van der Waals surface area contributed by atoms with Gasteiger partial charge in [0.1, 0.15) is 0 Å². The maximum atomic E-state index is 6.35. The Morgan fingerprint density at radius 1 is 1.31 bits per heavy atom. The van der Waals surface area contributed by atoms with Crippen molar-refractivity contribution >= 4 is 11.3 Å². The van der Waals surface area contributed by atoms with Crippen molar-refractivity contribution in [3.63, 3.8) is 0 Å². The van der Waals surface area contributed by atoms with E-state index < -0.39 is 0 Å². The highest BCUT2D eigenvalue weighted by Crippen LogP contribution is 2.29. The molecule has 0 radical (unpaired) electrons. The second-order valence-corrected chi connectivity index (χ2v) is 5.01. The fourth-order valence-electron chi connectivity index (χ4n) is 2.23. The molecule has 0 unspecified atom stereocenters. The quantitative estimate of drug-likeness (QED) is 0.771. The first-order valence-electron chi connectivity index (χ1n) is 5.08. The highest BCUT2D eigenvalue weighted by molar-refractivity contribution is 7.07. The van der Waals surface area contributed by atoms with Crippen LogP contribution in [0.15, 0.2) is 16.8 Å². The fraction of sp³-hybridized carbons (Fsp3) is 0.636. The van der Waals surface area contributed by atoms with Crippen LogP contribution in [0.1, 0.15) is 37.7 Å². The van der Waals surface area contributed by atoms with E-state index in [1.807, 2.05) is 0 Å². The fourth-order valence-corrected chi connectivity index (χ4v) is 2.90. The van der Waals surface area contributed by atoms with Crippen LogP contribution in [-0.2, 0) is 6.42 Å². The monoisotopic (exact) mass is 195 g/mol. The van der Waals surface area contributed by atoms with E-state index in [2.05, 4.69) is 16.8 Å². The van der Waals surface area contributed by atoms with Crippen molar-refractivity contribution < 1.29 is 0 Å². The molecule has 1 aliphatic carbocycles. The van der Waals surface area contributed by atoms with Gasteiger partial charge in [0.05, 0.1) is 0 Å². The summed E-state index contributed by atoms with van der Waals surface area (Å²) in [6.07, 6.45) is 7.52. The van der Waals surface area contributed by atoms with Crippen LogP contribution in [-0.4, -0.2) is 5.54 Å². The van der Waals surface area contributed by atoms with Crippen LogP contribution in [0.25, 0.3) is 0 Å². The molecule has 2 rings (SSSR count). The zero-order chi connectivity index (χ0) is 9.15. The summed E-state index contributed by atoms with van der Waals surface area (Å²) >= 11 is 1.77. The first-order valence-corrected chi connectivity index (χ1v) is 6.03. The van der Waals surface area contributed by atoms with Crippen LogP contribution in [0.4, 0.5) is 0 Å². The molecule has 2 heteroatoms. The molecular formula is C11H17NS. The molecule has 0 bridgehead atoms. The molecular weight excluding hydrogens is 178 g/mol. The number of hydrogen-bond acceptors (Lipinski definition) is 2.